The lowest BCUT2D eigenvalue weighted by molar-refractivity contribution is 0.231. The molecule has 0 radical (unpaired) electrons. The zero-order chi connectivity index (χ0) is 12.6. The molecule has 0 atom stereocenters. The van der Waals surface area contributed by atoms with Gasteiger partial charge in [0.25, 0.3) is 0 Å². The monoisotopic (exact) mass is 243 g/mol. The molecule has 0 amide bonds. The fraction of sp³-hybridized carbons (Fsp3) is 0.647. The van der Waals surface area contributed by atoms with Crippen LogP contribution in [0.15, 0.2) is 18.2 Å². The minimum Gasteiger partial charge on any atom is -0.321 e. The maximum absolute atomic E-state index is 6.69. The van der Waals surface area contributed by atoms with E-state index in [-0.39, 0.29) is 5.54 Å². The minimum absolute atomic E-state index is 0.0384. The predicted octanol–water partition coefficient (Wildman–Crippen LogP) is 3.93. The Kier molecular flexibility index (Phi) is 3.19. The van der Waals surface area contributed by atoms with Gasteiger partial charge in [0.2, 0.25) is 0 Å². The highest BCUT2D eigenvalue weighted by Crippen LogP contribution is 2.39. The molecular weight excluding hydrogens is 218 g/mol. The largest absolute Gasteiger partial charge is 0.321 e. The lowest BCUT2D eigenvalue weighted by Gasteiger charge is -2.37. The number of hydrogen-bond donors (Lipinski definition) is 1. The van der Waals surface area contributed by atoms with Gasteiger partial charge in [0.05, 0.1) is 0 Å². The SMILES string of the molecule is CCC1CCC(N)(c2ccc3c(c2)CCC3)CC1. The van der Waals surface area contributed by atoms with Crippen molar-refractivity contribution in [3.63, 3.8) is 0 Å². The van der Waals surface area contributed by atoms with Gasteiger partial charge in [0, 0.05) is 5.54 Å². The average molecular weight is 243 g/mol. The van der Waals surface area contributed by atoms with E-state index in [1.165, 1.54) is 56.9 Å². The third-order valence-corrected chi connectivity index (χ3v) is 5.25. The Labute approximate surface area is 111 Å². The van der Waals surface area contributed by atoms with Gasteiger partial charge in [-0.1, -0.05) is 31.5 Å². The van der Waals surface area contributed by atoms with Gasteiger partial charge < -0.3 is 5.73 Å². The van der Waals surface area contributed by atoms with Crippen molar-refractivity contribution in [2.45, 2.75) is 63.8 Å². The van der Waals surface area contributed by atoms with E-state index < -0.39 is 0 Å². The molecule has 98 valence electrons. The Morgan fingerprint density at radius 1 is 1.17 bits per heavy atom. The third-order valence-electron chi connectivity index (χ3n) is 5.25. The van der Waals surface area contributed by atoms with Gasteiger partial charge in [-0.15, -0.1) is 0 Å². The minimum atomic E-state index is -0.0384. The Balaban J connectivity index is 1.82. The van der Waals surface area contributed by atoms with Crippen LogP contribution >= 0.6 is 0 Å². The highest BCUT2D eigenvalue weighted by molar-refractivity contribution is 5.38. The van der Waals surface area contributed by atoms with Crippen LogP contribution in [0.2, 0.25) is 0 Å². The summed E-state index contributed by atoms with van der Waals surface area (Å²) in [6.45, 7) is 2.31. The Hall–Kier alpha value is -0.820. The molecule has 1 heteroatoms. The molecule has 1 nitrogen and oxygen atoms in total. The predicted molar refractivity (Wildman–Crippen MR) is 76.6 cm³/mol. The van der Waals surface area contributed by atoms with Crippen LogP contribution < -0.4 is 5.73 Å². The van der Waals surface area contributed by atoms with Crippen LogP contribution in [0.1, 0.15) is 62.1 Å². The van der Waals surface area contributed by atoms with Gasteiger partial charge in [0.15, 0.2) is 0 Å². The van der Waals surface area contributed by atoms with Crippen LogP contribution in [0.3, 0.4) is 0 Å². The number of rotatable bonds is 2. The summed E-state index contributed by atoms with van der Waals surface area (Å²) >= 11 is 0. The quantitative estimate of drug-likeness (QED) is 0.837. The fourth-order valence-corrected chi connectivity index (χ4v) is 3.77. The first-order valence-corrected chi connectivity index (χ1v) is 7.62. The first-order chi connectivity index (χ1) is 8.71. The number of hydrogen-bond acceptors (Lipinski definition) is 1. The molecule has 2 aliphatic rings. The van der Waals surface area contributed by atoms with E-state index in [2.05, 4.69) is 25.1 Å². The van der Waals surface area contributed by atoms with Crippen LogP contribution in [0.25, 0.3) is 0 Å². The van der Waals surface area contributed by atoms with Gasteiger partial charge in [-0.25, -0.2) is 0 Å². The number of nitrogens with two attached hydrogens (primary N) is 1. The number of fused-ring (bicyclic) bond motifs is 1. The van der Waals surface area contributed by atoms with Crippen LogP contribution in [-0.4, -0.2) is 0 Å². The summed E-state index contributed by atoms with van der Waals surface area (Å²) in [5.41, 5.74) is 11.2. The molecular formula is C17H25N. The first-order valence-electron chi connectivity index (χ1n) is 7.62. The number of aryl methyl sites for hydroxylation is 2. The summed E-state index contributed by atoms with van der Waals surface area (Å²) in [6.07, 6.45) is 10.1. The van der Waals surface area contributed by atoms with Gasteiger partial charge in [-0.05, 0) is 67.6 Å². The fourth-order valence-electron chi connectivity index (χ4n) is 3.77. The molecule has 1 saturated carbocycles. The molecule has 0 heterocycles. The van der Waals surface area contributed by atoms with Crippen LogP contribution in [0.5, 0.6) is 0 Å². The molecule has 0 unspecified atom stereocenters. The van der Waals surface area contributed by atoms with Crippen molar-refractivity contribution in [1.29, 1.82) is 0 Å². The van der Waals surface area contributed by atoms with Gasteiger partial charge in [-0.3, -0.25) is 0 Å². The Morgan fingerprint density at radius 2 is 1.89 bits per heavy atom. The summed E-state index contributed by atoms with van der Waals surface area (Å²) in [4.78, 5) is 0. The second-order valence-electron chi connectivity index (χ2n) is 6.34. The van der Waals surface area contributed by atoms with Crippen LogP contribution in [0, 0.1) is 5.92 Å². The Bertz CT molecular complexity index is 427. The van der Waals surface area contributed by atoms with Crippen molar-refractivity contribution in [1.82, 2.24) is 0 Å². The zero-order valence-corrected chi connectivity index (χ0v) is 11.5. The lowest BCUT2D eigenvalue weighted by atomic mass is 9.72. The Morgan fingerprint density at radius 3 is 2.61 bits per heavy atom. The summed E-state index contributed by atoms with van der Waals surface area (Å²) in [6, 6.07) is 7.04. The van der Waals surface area contributed by atoms with Crippen molar-refractivity contribution in [3.05, 3.63) is 34.9 Å². The van der Waals surface area contributed by atoms with E-state index >= 15 is 0 Å². The molecule has 1 fully saturated rings. The molecule has 1 aromatic carbocycles. The number of benzene rings is 1. The topological polar surface area (TPSA) is 26.0 Å². The normalized spacial score (nSPS) is 31.3. The highest BCUT2D eigenvalue weighted by atomic mass is 14.7. The van der Waals surface area contributed by atoms with Gasteiger partial charge >= 0.3 is 0 Å². The van der Waals surface area contributed by atoms with Crippen molar-refractivity contribution in [2.24, 2.45) is 11.7 Å². The van der Waals surface area contributed by atoms with Gasteiger partial charge in [-0.2, -0.15) is 0 Å². The first kappa shape index (κ1) is 12.2. The second kappa shape index (κ2) is 4.70. The van der Waals surface area contributed by atoms with Crippen molar-refractivity contribution in [2.75, 3.05) is 0 Å². The molecule has 0 bridgehead atoms. The van der Waals surface area contributed by atoms with Crippen molar-refractivity contribution < 1.29 is 0 Å². The third kappa shape index (κ3) is 2.09. The standard InChI is InChI=1S/C17H25N/c1-2-13-8-10-17(18,11-9-13)16-7-6-14-4-3-5-15(14)12-16/h6-7,12-13H,2-5,8-11,18H2,1H3. The van der Waals surface area contributed by atoms with E-state index in [9.17, 15) is 0 Å². The van der Waals surface area contributed by atoms with E-state index in [1.54, 1.807) is 11.1 Å². The molecule has 2 aliphatic carbocycles. The van der Waals surface area contributed by atoms with Crippen LogP contribution in [0.4, 0.5) is 0 Å². The van der Waals surface area contributed by atoms with E-state index in [0.29, 0.717) is 0 Å². The molecule has 0 aliphatic heterocycles. The molecule has 3 rings (SSSR count). The average Bonchev–Trinajstić information content (AvgIpc) is 2.87. The maximum atomic E-state index is 6.69. The van der Waals surface area contributed by atoms with E-state index in [1.807, 2.05) is 0 Å². The summed E-state index contributed by atoms with van der Waals surface area (Å²) < 4.78 is 0. The van der Waals surface area contributed by atoms with Gasteiger partial charge in [0.1, 0.15) is 0 Å². The summed E-state index contributed by atoms with van der Waals surface area (Å²) in [7, 11) is 0. The summed E-state index contributed by atoms with van der Waals surface area (Å²) in [5.74, 6) is 0.913. The summed E-state index contributed by atoms with van der Waals surface area (Å²) in [5, 5.41) is 0. The van der Waals surface area contributed by atoms with Crippen molar-refractivity contribution in [3.8, 4) is 0 Å². The zero-order valence-electron chi connectivity index (χ0n) is 11.5. The molecule has 18 heavy (non-hydrogen) atoms. The van der Waals surface area contributed by atoms with E-state index in [4.69, 9.17) is 5.73 Å². The molecule has 0 saturated heterocycles. The molecule has 2 N–H and O–H groups in total. The molecule has 0 aromatic heterocycles. The van der Waals surface area contributed by atoms with Crippen molar-refractivity contribution >= 4 is 0 Å². The highest BCUT2D eigenvalue weighted by Gasteiger charge is 2.33. The maximum Gasteiger partial charge on any atom is 0.0409 e. The van der Waals surface area contributed by atoms with E-state index in [0.717, 1.165) is 5.92 Å². The smallest absolute Gasteiger partial charge is 0.0409 e. The molecule has 1 aromatic rings. The van der Waals surface area contributed by atoms with Crippen LogP contribution in [-0.2, 0) is 18.4 Å². The molecule has 0 spiro atoms. The second-order valence-corrected chi connectivity index (χ2v) is 6.34. The lowest BCUT2D eigenvalue weighted by Crippen LogP contribution is -2.40.